The number of nitriles is 1. The average Bonchev–Trinajstić information content (AvgIpc) is 3.25. The number of rotatable bonds is 6. The van der Waals surface area contributed by atoms with Crippen LogP contribution in [0.1, 0.15) is 11.1 Å². The van der Waals surface area contributed by atoms with Crippen molar-refractivity contribution in [3.8, 4) is 17.3 Å². The number of hydrogen-bond acceptors (Lipinski definition) is 6. The molecule has 11 heteroatoms. The second kappa shape index (κ2) is 8.72. The van der Waals surface area contributed by atoms with Crippen molar-refractivity contribution in [1.29, 1.82) is 5.26 Å². The summed E-state index contributed by atoms with van der Waals surface area (Å²) in [6, 6.07) is 10.2. The highest BCUT2D eigenvalue weighted by Crippen LogP contribution is 2.35. The number of fused-ring (bicyclic) bond motifs is 1. The molecule has 0 amide bonds. The fourth-order valence-corrected chi connectivity index (χ4v) is 3.29. The Labute approximate surface area is 185 Å². The number of imidazole rings is 1. The summed E-state index contributed by atoms with van der Waals surface area (Å²) in [7, 11) is 0. The monoisotopic (exact) mass is 457 g/mol. The Morgan fingerprint density at radius 2 is 1.88 bits per heavy atom. The third-order valence-corrected chi connectivity index (χ3v) is 4.88. The summed E-state index contributed by atoms with van der Waals surface area (Å²) in [6.07, 6.45) is 0.313. The molecule has 3 aromatic heterocycles. The Hall–Kier alpha value is -3.84. The summed E-state index contributed by atoms with van der Waals surface area (Å²) in [6.45, 7) is 0.966. The fraction of sp³-hybridized carbons (Fsp3) is 0.143. The molecule has 0 aliphatic rings. The minimum absolute atomic E-state index is 0.0530. The van der Waals surface area contributed by atoms with Crippen molar-refractivity contribution in [2.75, 3.05) is 23.7 Å². The minimum Gasteiger partial charge on any atom is -0.368 e. The molecule has 4 aromatic rings. The summed E-state index contributed by atoms with van der Waals surface area (Å²) in [5.41, 5.74) is 0.975. The SMILES string of the molecule is N#Cc1ccc(NCCNc2nc(-c3ccc(C(F)(F)F)cc3Cl)cc3nccn23)nc1. The first-order chi connectivity index (χ1) is 15.3. The van der Waals surface area contributed by atoms with Crippen LogP contribution in [-0.2, 0) is 6.18 Å². The van der Waals surface area contributed by atoms with E-state index in [4.69, 9.17) is 16.9 Å². The molecule has 0 fully saturated rings. The van der Waals surface area contributed by atoms with Crippen molar-refractivity contribution in [1.82, 2.24) is 19.4 Å². The lowest BCUT2D eigenvalue weighted by atomic mass is 10.1. The first-order valence-corrected chi connectivity index (χ1v) is 9.78. The molecular formula is C21H15ClF3N7. The lowest BCUT2D eigenvalue weighted by molar-refractivity contribution is -0.137. The van der Waals surface area contributed by atoms with Crippen LogP contribution in [0.4, 0.5) is 24.9 Å². The normalized spacial score (nSPS) is 11.3. The van der Waals surface area contributed by atoms with Crippen LogP contribution < -0.4 is 10.6 Å². The number of pyridine rings is 1. The highest BCUT2D eigenvalue weighted by molar-refractivity contribution is 6.33. The molecular weight excluding hydrogens is 443 g/mol. The molecule has 0 spiro atoms. The van der Waals surface area contributed by atoms with Gasteiger partial charge in [0, 0.05) is 43.3 Å². The standard InChI is InChI=1S/C21H15ClF3N7/c22-16-9-14(21(23,24)25)2-3-15(16)17-10-19-28-7-8-32(19)20(31-17)29-6-5-27-18-4-1-13(11-26)12-30-18/h1-4,7-10,12H,5-6H2,(H,27,30)(H,29,31). The predicted molar refractivity (Wildman–Crippen MR) is 114 cm³/mol. The highest BCUT2D eigenvalue weighted by Gasteiger charge is 2.31. The van der Waals surface area contributed by atoms with Crippen LogP contribution in [-0.4, -0.2) is 32.4 Å². The maximum absolute atomic E-state index is 12.9. The van der Waals surface area contributed by atoms with E-state index < -0.39 is 11.7 Å². The molecule has 3 heterocycles. The van der Waals surface area contributed by atoms with Gasteiger partial charge in [0.15, 0.2) is 0 Å². The van der Waals surface area contributed by atoms with Gasteiger partial charge in [-0.25, -0.2) is 15.0 Å². The number of nitrogens with zero attached hydrogens (tertiary/aromatic N) is 5. The van der Waals surface area contributed by atoms with E-state index in [0.29, 0.717) is 47.3 Å². The average molecular weight is 458 g/mol. The van der Waals surface area contributed by atoms with Crippen LogP contribution in [0.5, 0.6) is 0 Å². The van der Waals surface area contributed by atoms with Crippen LogP contribution in [0.15, 0.2) is 55.0 Å². The molecule has 32 heavy (non-hydrogen) atoms. The van der Waals surface area contributed by atoms with E-state index in [1.807, 2.05) is 6.07 Å². The second-order valence-corrected chi connectivity index (χ2v) is 7.12. The summed E-state index contributed by atoms with van der Waals surface area (Å²) < 4.78 is 40.6. The Balaban J connectivity index is 1.52. The largest absolute Gasteiger partial charge is 0.416 e. The van der Waals surface area contributed by atoms with Gasteiger partial charge < -0.3 is 10.6 Å². The van der Waals surface area contributed by atoms with Gasteiger partial charge in [0.2, 0.25) is 5.95 Å². The number of alkyl halides is 3. The van der Waals surface area contributed by atoms with E-state index >= 15 is 0 Å². The summed E-state index contributed by atoms with van der Waals surface area (Å²) in [5.74, 6) is 1.08. The van der Waals surface area contributed by atoms with Gasteiger partial charge in [-0.1, -0.05) is 17.7 Å². The lowest BCUT2D eigenvalue weighted by Crippen LogP contribution is -2.17. The van der Waals surface area contributed by atoms with Crippen LogP contribution >= 0.6 is 11.6 Å². The van der Waals surface area contributed by atoms with Crippen molar-refractivity contribution in [2.45, 2.75) is 6.18 Å². The molecule has 162 valence electrons. The van der Waals surface area contributed by atoms with Gasteiger partial charge >= 0.3 is 6.18 Å². The van der Waals surface area contributed by atoms with Crippen LogP contribution in [0.25, 0.3) is 16.9 Å². The quantitative estimate of drug-likeness (QED) is 0.402. The summed E-state index contributed by atoms with van der Waals surface area (Å²) in [5, 5.41) is 15.1. The number of benzene rings is 1. The van der Waals surface area contributed by atoms with Crippen molar-refractivity contribution < 1.29 is 13.2 Å². The van der Waals surface area contributed by atoms with E-state index in [-0.39, 0.29) is 5.02 Å². The fourth-order valence-electron chi connectivity index (χ4n) is 3.01. The molecule has 0 bridgehead atoms. The van der Waals surface area contributed by atoms with E-state index in [1.54, 1.807) is 35.0 Å². The number of aromatic nitrogens is 4. The zero-order chi connectivity index (χ0) is 22.7. The van der Waals surface area contributed by atoms with Gasteiger partial charge in [-0.3, -0.25) is 4.40 Å². The predicted octanol–water partition coefficient (Wildman–Crippen LogP) is 4.86. The van der Waals surface area contributed by atoms with Gasteiger partial charge in [0.25, 0.3) is 0 Å². The molecule has 0 saturated carbocycles. The zero-order valence-electron chi connectivity index (χ0n) is 16.4. The number of halogens is 4. The van der Waals surface area contributed by atoms with E-state index in [0.717, 1.165) is 12.1 Å². The summed E-state index contributed by atoms with van der Waals surface area (Å²) >= 11 is 6.14. The Morgan fingerprint density at radius 3 is 2.56 bits per heavy atom. The topological polar surface area (TPSA) is 90.9 Å². The first kappa shape index (κ1) is 21.4. The van der Waals surface area contributed by atoms with Gasteiger partial charge in [0.05, 0.1) is 21.8 Å². The molecule has 2 N–H and O–H groups in total. The van der Waals surface area contributed by atoms with E-state index in [2.05, 4.69) is 25.6 Å². The molecule has 4 rings (SSSR count). The Kier molecular flexibility index (Phi) is 5.83. The molecule has 7 nitrogen and oxygen atoms in total. The van der Waals surface area contributed by atoms with Crippen molar-refractivity contribution in [3.63, 3.8) is 0 Å². The molecule has 0 aliphatic heterocycles. The highest BCUT2D eigenvalue weighted by atomic mass is 35.5. The van der Waals surface area contributed by atoms with Gasteiger partial charge in [0.1, 0.15) is 17.5 Å². The Morgan fingerprint density at radius 1 is 1.06 bits per heavy atom. The summed E-state index contributed by atoms with van der Waals surface area (Å²) in [4.78, 5) is 12.9. The molecule has 0 unspecified atom stereocenters. The van der Waals surface area contributed by atoms with E-state index in [1.165, 1.54) is 12.3 Å². The smallest absolute Gasteiger partial charge is 0.368 e. The Bertz CT molecular complexity index is 1290. The van der Waals surface area contributed by atoms with Crippen LogP contribution in [0.3, 0.4) is 0 Å². The lowest BCUT2D eigenvalue weighted by Gasteiger charge is -2.13. The van der Waals surface area contributed by atoms with Crippen molar-refractivity contribution >= 4 is 29.0 Å². The second-order valence-electron chi connectivity index (χ2n) is 6.71. The molecule has 0 radical (unpaired) electrons. The number of hydrogen-bond donors (Lipinski definition) is 2. The van der Waals surface area contributed by atoms with Gasteiger partial charge in [-0.15, -0.1) is 0 Å². The third kappa shape index (κ3) is 4.58. The maximum Gasteiger partial charge on any atom is 0.416 e. The molecule has 0 atom stereocenters. The van der Waals surface area contributed by atoms with Crippen LogP contribution in [0, 0.1) is 11.3 Å². The third-order valence-electron chi connectivity index (χ3n) is 4.57. The van der Waals surface area contributed by atoms with Crippen LogP contribution in [0.2, 0.25) is 5.02 Å². The molecule has 0 saturated heterocycles. The van der Waals surface area contributed by atoms with Gasteiger partial charge in [-0.2, -0.15) is 18.4 Å². The molecule has 0 aliphatic carbocycles. The van der Waals surface area contributed by atoms with Gasteiger partial charge in [-0.05, 0) is 24.3 Å². The molecule has 1 aromatic carbocycles. The number of nitrogens with one attached hydrogen (secondary N) is 2. The van der Waals surface area contributed by atoms with Crippen molar-refractivity contribution in [2.24, 2.45) is 0 Å². The minimum atomic E-state index is -4.48. The van der Waals surface area contributed by atoms with Crippen molar-refractivity contribution in [3.05, 3.63) is 71.1 Å². The first-order valence-electron chi connectivity index (χ1n) is 9.40. The maximum atomic E-state index is 12.9. The zero-order valence-corrected chi connectivity index (χ0v) is 17.1. The number of anilines is 2. The van der Waals surface area contributed by atoms with E-state index in [9.17, 15) is 13.2 Å².